The first-order chi connectivity index (χ1) is 6.65. The molecule has 1 aliphatic rings. The monoisotopic (exact) mass is 190 g/mol. The Morgan fingerprint density at radius 2 is 2.00 bits per heavy atom. The minimum absolute atomic E-state index is 0.677. The molecule has 0 aromatic rings. The van der Waals surface area contributed by atoms with Gasteiger partial charge in [0.1, 0.15) is 0 Å². The molecule has 14 heavy (non-hydrogen) atoms. The van der Waals surface area contributed by atoms with Crippen LogP contribution in [0.15, 0.2) is 35.5 Å². The summed E-state index contributed by atoms with van der Waals surface area (Å²) in [5, 5.41) is 0. The number of rotatable bonds is 3. The summed E-state index contributed by atoms with van der Waals surface area (Å²) in [4.78, 5) is 0. The van der Waals surface area contributed by atoms with Gasteiger partial charge in [-0.1, -0.05) is 57.6 Å². The Kier molecular flexibility index (Phi) is 4.19. The van der Waals surface area contributed by atoms with Crippen molar-refractivity contribution in [3.8, 4) is 0 Å². The van der Waals surface area contributed by atoms with Crippen LogP contribution in [0.5, 0.6) is 0 Å². The fourth-order valence-electron chi connectivity index (χ4n) is 1.67. The van der Waals surface area contributed by atoms with E-state index in [2.05, 4.69) is 52.0 Å². The van der Waals surface area contributed by atoms with Crippen molar-refractivity contribution >= 4 is 0 Å². The molecule has 0 N–H and O–H groups in total. The second-order valence-electron chi connectivity index (χ2n) is 4.48. The molecule has 1 aliphatic carbocycles. The highest BCUT2D eigenvalue weighted by Crippen LogP contribution is 2.24. The van der Waals surface area contributed by atoms with E-state index >= 15 is 0 Å². The first-order valence-electron chi connectivity index (χ1n) is 5.71. The minimum atomic E-state index is 0.677. The van der Waals surface area contributed by atoms with Crippen molar-refractivity contribution in [3.63, 3.8) is 0 Å². The van der Waals surface area contributed by atoms with Crippen LogP contribution < -0.4 is 0 Å². The van der Waals surface area contributed by atoms with Gasteiger partial charge in [-0.15, -0.1) is 0 Å². The van der Waals surface area contributed by atoms with Gasteiger partial charge in [0.25, 0.3) is 0 Å². The zero-order chi connectivity index (χ0) is 10.6. The predicted molar refractivity (Wildman–Crippen MR) is 64.2 cm³/mol. The van der Waals surface area contributed by atoms with Gasteiger partial charge in [0.2, 0.25) is 0 Å². The quantitative estimate of drug-likeness (QED) is 0.614. The maximum atomic E-state index is 2.39. The summed E-state index contributed by atoms with van der Waals surface area (Å²) in [5.74, 6) is 1.41. The van der Waals surface area contributed by atoms with E-state index < -0.39 is 0 Å². The lowest BCUT2D eigenvalue weighted by Crippen LogP contribution is -2.05. The standard InChI is InChI=1S/C14H22/c1-5-13-7-6-8-14(10-9-13)12(4)11(2)3/h6-8,10-12H,5,9H2,1-4H3. The van der Waals surface area contributed by atoms with Gasteiger partial charge in [-0.3, -0.25) is 0 Å². The van der Waals surface area contributed by atoms with Gasteiger partial charge < -0.3 is 0 Å². The molecular formula is C14H22. The molecule has 0 saturated carbocycles. The number of hydrogen-bond donors (Lipinski definition) is 0. The van der Waals surface area contributed by atoms with Gasteiger partial charge in [0.05, 0.1) is 0 Å². The molecule has 1 rings (SSSR count). The minimum Gasteiger partial charge on any atom is -0.0770 e. The molecule has 0 aliphatic heterocycles. The zero-order valence-corrected chi connectivity index (χ0v) is 9.88. The third-order valence-electron chi connectivity index (χ3n) is 3.20. The van der Waals surface area contributed by atoms with Gasteiger partial charge in [0, 0.05) is 0 Å². The highest BCUT2D eigenvalue weighted by atomic mass is 14.2. The number of allylic oxidation sites excluding steroid dienone is 6. The van der Waals surface area contributed by atoms with Crippen molar-refractivity contribution in [1.82, 2.24) is 0 Å². The van der Waals surface area contributed by atoms with Crippen molar-refractivity contribution < 1.29 is 0 Å². The van der Waals surface area contributed by atoms with E-state index in [1.54, 1.807) is 0 Å². The van der Waals surface area contributed by atoms with E-state index in [4.69, 9.17) is 0 Å². The van der Waals surface area contributed by atoms with Crippen molar-refractivity contribution in [3.05, 3.63) is 35.5 Å². The second-order valence-corrected chi connectivity index (χ2v) is 4.48. The average molecular weight is 190 g/mol. The van der Waals surface area contributed by atoms with Crippen LogP contribution in [0.1, 0.15) is 40.5 Å². The molecule has 0 fully saturated rings. The van der Waals surface area contributed by atoms with Crippen LogP contribution in [0.2, 0.25) is 0 Å². The van der Waals surface area contributed by atoms with E-state index in [9.17, 15) is 0 Å². The lowest BCUT2D eigenvalue weighted by Gasteiger charge is -2.16. The molecule has 0 heterocycles. The summed E-state index contributed by atoms with van der Waals surface area (Å²) in [6.45, 7) is 9.12. The summed E-state index contributed by atoms with van der Waals surface area (Å²) in [5.41, 5.74) is 3.03. The van der Waals surface area contributed by atoms with E-state index in [1.165, 1.54) is 17.6 Å². The smallest absolute Gasteiger partial charge is 0.0130 e. The Balaban J connectivity index is 2.72. The molecule has 0 radical (unpaired) electrons. The van der Waals surface area contributed by atoms with Crippen molar-refractivity contribution in [2.75, 3.05) is 0 Å². The van der Waals surface area contributed by atoms with Crippen LogP contribution >= 0.6 is 0 Å². The second kappa shape index (κ2) is 5.19. The SMILES string of the molecule is CCC1=CC=CC(C(C)C(C)C)=CC1. The lowest BCUT2D eigenvalue weighted by atomic mass is 9.89. The molecule has 1 atom stereocenters. The van der Waals surface area contributed by atoms with Gasteiger partial charge >= 0.3 is 0 Å². The molecule has 0 spiro atoms. The summed E-state index contributed by atoms with van der Waals surface area (Å²) < 4.78 is 0. The first kappa shape index (κ1) is 11.3. The molecular weight excluding hydrogens is 168 g/mol. The van der Waals surface area contributed by atoms with E-state index in [0.717, 1.165) is 12.3 Å². The molecule has 0 aromatic heterocycles. The van der Waals surface area contributed by atoms with Crippen molar-refractivity contribution in [2.24, 2.45) is 11.8 Å². The van der Waals surface area contributed by atoms with E-state index in [-0.39, 0.29) is 0 Å². The third kappa shape index (κ3) is 2.87. The molecule has 1 unspecified atom stereocenters. The maximum absolute atomic E-state index is 2.39. The average Bonchev–Trinajstić information content (AvgIpc) is 2.41. The Morgan fingerprint density at radius 1 is 1.29 bits per heavy atom. The van der Waals surface area contributed by atoms with Crippen molar-refractivity contribution in [1.29, 1.82) is 0 Å². The Labute approximate surface area is 88.4 Å². The van der Waals surface area contributed by atoms with Crippen LogP contribution in [0, 0.1) is 11.8 Å². The lowest BCUT2D eigenvalue weighted by molar-refractivity contribution is 0.487. The zero-order valence-electron chi connectivity index (χ0n) is 9.88. The van der Waals surface area contributed by atoms with Crippen LogP contribution in [0.3, 0.4) is 0 Å². The largest absolute Gasteiger partial charge is 0.0770 e. The van der Waals surface area contributed by atoms with Gasteiger partial charge in [-0.2, -0.15) is 0 Å². The van der Waals surface area contributed by atoms with Crippen LogP contribution in [0.4, 0.5) is 0 Å². The summed E-state index contributed by atoms with van der Waals surface area (Å²) in [7, 11) is 0. The van der Waals surface area contributed by atoms with Gasteiger partial charge in [0.15, 0.2) is 0 Å². The predicted octanol–water partition coefficient (Wildman–Crippen LogP) is 4.50. The maximum Gasteiger partial charge on any atom is -0.0130 e. The molecule has 0 amide bonds. The highest BCUT2D eigenvalue weighted by molar-refractivity contribution is 5.31. The summed E-state index contributed by atoms with van der Waals surface area (Å²) in [6, 6.07) is 0. The first-order valence-corrected chi connectivity index (χ1v) is 5.71. The molecule has 0 heteroatoms. The fourth-order valence-corrected chi connectivity index (χ4v) is 1.67. The summed E-state index contributed by atoms with van der Waals surface area (Å²) >= 11 is 0. The van der Waals surface area contributed by atoms with Crippen LogP contribution in [-0.4, -0.2) is 0 Å². The molecule has 0 saturated heterocycles. The summed E-state index contributed by atoms with van der Waals surface area (Å²) in [6.07, 6.45) is 11.4. The Bertz CT molecular complexity index is 264. The Hall–Kier alpha value is -0.780. The third-order valence-corrected chi connectivity index (χ3v) is 3.20. The van der Waals surface area contributed by atoms with Gasteiger partial charge in [-0.05, 0) is 30.3 Å². The molecule has 78 valence electrons. The van der Waals surface area contributed by atoms with Crippen molar-refractivity contribution in [2.45, 2.75) is 40.5 Å². The normalized spacial score (nSPS) is 18.9. The molecule has 0 aromatic carbocycles. The highest BCUT2D eigenvalue weighted by Gasteiger charge is 2.11. The van der Waals surface area contributed by atoms with Crippen LogP contribution in [0.25, 0.3) is 0 Å². The molecule has 0 nitrogen and oxygen atoms in total. The fraction of sp³-hybridized carbons (Fsp3) is 0.571. The Morgan fingerprint density at radius 3 is 2.57 bits per heavy atom. The topological polar surface area (TPSA) is 0 Å². The van der Waals surface area contributed by atoms with Crippen LogP contribution in [-0.2, 0) is 0 Å². The van der Waals surface area contributed by atoms with Gasteiger partial charge in [-0.25, -0.2) is 0 Å². The van der Waals surface area contributed by atoms with E-state index in [0.29, 0.717) is 5.92 Å². The molecule has 0 bridgehead atoms. The van der Waals surface area contributed by atoms with E-state index in [1.807, 2.05) is 0 Å². The number of hydrogen-bond acceptors (Lipinski definition) is 0.